The normalized spacial score (nSPS) is 15.5. The van der Waals surface area contributed by atoms with Gasteiger partial charge >= 0.3 is 0 Å². The molecule has 2 heterocycles. The van der Waals surface area contributed by atoms with Gasteiger partial charge < -0.3 is 9.32 Å². The number of aromatic nitrogens is 2. The zero-order chi connectivity index (χ0) is 21.0. The van der Waals surface area contributed by atoms with Gasteiger partial charge in [-0.15, -0.1) is 10.2 Å². The largest absolute Gasteiger partial charge is 0.423 e. The Labute approximate surface area is 174 Å². The molecule has 1 aliphatic rings. The lowest BCUT2D eigenvalue weighted by atomic mass is 10.1. The van der Waals surface area contributed by atoms with Gasteiger partial charge in [-0.1, -0.05) is 30.3 Å². The van der Waals surface area contributed by atoms with Gasteiger partial charge in [-0.3, -0.25) is 4.79 Å². The van der Waals surface area contributed by atoms with E-state index in [0.29, 0.717) is 24.5 Å². The van der Waals surface area contributed by atoms with E-state index in [2.05, 4.69) is 10.2 Å². The molecule has 30 heavy (non-hydrogen) atoms. The summed E-state index contributed by atoms with van der Waals surface area (Å²) in [6.07, 6.45) is 2.83. The van der Waals surface area contributed by atoms with Crippen LogP contribution in [0.1, 0.15) is 15.9 Å². The van der Waals surface area contributed by atoms with Gasteiger partial charge in [0.15, 0.2) is 0 Å². The molecule has 154 valence electrons. The summed E-state index contributed by atoms with van der Waals surface area (Å²) < 4.78 is 31.7. The number of carbonyl (C=O) groups excluding carboxylic acids is 1. The Kier molecular flexibility index (Phi) is 5.73. The van der Waals surface area contributed by atoms with Crippen LogP contribution in [0.3, 0.4) is 0 Å². The number of benzene rings is 2. The van der Waals surface area contributed by atoms with Crippen LogP contribution in [0.15, 0.2) is 70.8 Å². The molecule has 1 fully saturated rings. The van der Waals surface area contributed by atoms with Crippen LogP contribution in [-0.4, -0.2) is 59.9 Å². The third kappa shape index (κ3) is 4.47. The van der Waals surface area contributed by atoms with Crippen molar-refractivity contribution in [3.8, 4) is 11.5 Å². The maximum absolute atomic E-state index is 12.8. The molecular formula is C21H20N4O4S. The lowest BCUT2D eigenvalue weighted by Crippen LogP contribution is -2.50. The monoisotopic (exact) mass is 424 g/mol. The van der Waals surface area contributed by atoms with E-state index in [9.17, 15) is 13.2 Å². The molecule has 0 aliphatic carbocycles. The summed E-state index contributed by atoms with van der Waals surface area (Å²) in [4.78, 5) is 14.4. The predicted octanol–water partition coefficient (Wildman–Crippen LogP) is 2.50. The molecule has 3 aromatic rings. The molecule has 0 unspecified atom stereocenters. The highest BCUT2D eigenvalue weighted by Gasteiger charge is 2.27. The highest BCUT2D eigenvalue weighted by atomic mass is 32.2. The Morgan fingerprint density at radius 1 is 0.967 bits per heavy atom. The number of carbonyl (C=O) groups is 1. The van der Waals surface area contributed by atoms with E-state index < -0.39 is 10.0 Å². The zero-order valence-electron chi connectivity index (χ0n) is 16.1. The maximum atomic E-state index is 12.8. The lowest BCUT2D eigenvalue weighted by molar-refractivity contribution is 0.0698. The number of nitrogens with zero attached hydrogens (tertiary/aromatic N) is 4. The van der Waals surface area contributed by atoms with Gasteiger partial charge in [0.25, 0.3) is 5.91 Å². The second-order valence-corrected chi connectivity index (χ2v) is 8.59. The van der Waals surface area contributed by atoms with Crippen LogP contribution in [0, 0.1) is 0 Å². The van der Waals surface area contributed by atoms with Crippen molar-refractivity contribution in [3.63, 3.8) is 0 Å². The van der Waals surface area contributed by atoms with E-state index in [1.165, 1.54) is 16.1 Å². The van der Waals surface area contributed by atoms with Crippen molar-refractivity contribution in [3.05, 3.63) is 77.5 Å². The lowest BCUT2D eigenvalue weighted by Gasteiger charge is -2.33. The molecule has 1 saturated heterocycles. The third-order valence-corrected chi connectivity index (χ3v) is 6.42. The second-order valence-electron chi connectivity index (χ2n) is 6.77. The zero-order valence-corrected chi connectivity index (χ0v) is 16.9. The summed E-state index contributed by atoms with van der Waals surface area (Å²) in [5, 5.41) is 8.69. The Balaban J connectivity index is 1.37. The Bertz CT molecular complexity index is 1120. The number of hydrogen-bond donors (Lipinski definition) is 0. The number of rotatable bonds is 5. The van der Waals surface area contributed by atoms with Gasteiger partial charge in [-0.2, -0.15) is 4.31 Å². The van der Waals surface area contributed by atoms with E-state index in [0.717, 1.165) is 11.1 Å². The minimum Gasteiger partial charge on any atom is -0.423 e. The highest BCUT2D eigenvalue weighted by molar-refractivity contribution is 7.92. The van der Waals surface area contributed by atoms with Crippen LogP contribution in [0.25, 0.3) is 17.5 Å². The maximum Gasteiger partial charge on any atom is 0.253 e. The fraction of sp³-hybridized carbons (Fsp3) is 0.190. The average Bonchev–Trinajstić information content (AvgIpc) is 3.33. The number of hydrogen-bond acceptors (Lipinski definition) is 6. The van der Waals surface area contributed by atoms with Gasteiger partial charge in [-0.05, 0) is 35.9 Å². The minimum absolute atomic E-state index is 0.135. The molecule has 9 heteroatoms. The van der Waals surface area contributed by atoms with Crippen LogP contribution in [0.5, 0.6) is 0 Å². The van der Waals surface area contributed by atoms with Crippen LogP contribution in [-0.2, 0) is 10.0 Å². The molecule has 4 rings (SSSR count). The summed E-state index contributed by atoms with van der Waals surface area (Å²) >= 11 is 0. The summed E-state index contributed by atoms with van der Waals surface area (Å²) in [7, 11) is -3.53. The summed E-state index contributed by atoms with van der Waals surface area (Å²) in [6.45, 7) is 1.19. The van der Waals surface area contributed by atoms with Gasteiger partial charge in [-0.25, -0.2) is 8.42 Å². The first kappa shape index (κ1) is 20.0. The van der Waals surface area contributed by atoms with E-state index in [1.807, 2.05) is 30.3 Å². The first-order valence-electron chi connectivity index (χ1n) is 9.42. The molecule has 0 atom stereocenters. The fourth-order valence-electron chi connectivity index (χ4n) is 3.20. The van der Waals surface area contributed by atoms with Crippen LogP contribution < -0.4 is 0 Å². The van der Waals surface area contributed by atoms with Crippen molar-refractivity contribution in [1.29, 1.82) is 0 Å². The molecule has 1 amide bonds. The molecule has 1 aliphatic heterocycles. The number of sulfonamides is 1. The van der Waals surface area contributed by atoms with Crippen molar-refractivity contribution in [1.82, 2.24) is 19.4 Å². The van der Waals surface area contributed by atoms with Gasteiger partial charge in [0.05, 0.1) is 0 Å². The Morgan fingerprint density at radius 3 is 2.30 bits per heavy atom. The molecule has 0 spiro atoms. The first-order valence-corrected chi connectivity index (χ1v) is 10.9. The Hall–Kier alpha value is -3.30. The number of amides is 1. The molecule has 8 nitrogen and oxygen atoms in total. The predicted molar refractivity (Wildman–Crippen MR) is 112 cm³/mol. The Morgan fingerprint density at radius 2 is 1.67 bits per heavy atom. The van der Waals surface area contributed by atoms with Gasteiger partial charge in [0.1, 0.15) is 0 Å². The van der Waals surface area contributed by atoms with Gasteiger partial charge in [0.2, 0.25) is 22.3 Å². The van der Waals surface area contributed by atoms with Crippen molar-refractivity contribution >= 4 is 22.0 Å². The smallest absolute Gasteiger partial charge is 0.253 e. The molecule has 1 aromatic heterocycles. The summed E-state index contributed by atoms with van der Waals surface area (Å²) in [5.41, 5.74) is 2.07. The van der Waals surface area contributed by atoms with E-state index in [-0.39, 0.29) is 19.0 Å². The van der Waals surface area contributed by atoms with Crippen LogP contribution >= 0.6 is 0 Å². The van der Waals surface area contributed by atoms with E-state index in [4.69, 9.17) is 4.42 Å². The molecule has 0 N–H and O–H groups in total. The highest BCUT2D eigenvalue weighted by Crippen LogP contribution is 2.18. The third-order valence-electron chi connectivity index (χ3n) is 4.86. The average molecular weight is 424 g/mol. The standard InChI is InChI=1S/C21H20N4O4S/c26-21(19-8-6-18(7-9-19)20-23-22-16-29-20)24-11-13-25(14-12-24)30(27,28)15-10-17-4-2-1-3-5-17/h1-10,15-16H,11-14H2. The van der Waals surface area contributed by atoms with Crippen LogP contribution in [0.4, 0.5) is 0 Å². The van der Waals surface area contributed by atoms with Crippen molar-refractivity contribution in [2.24, 2.45) is 0 Å². The summed E-state index contributed by atoms with van der Waals surface area (Å²) in [5.74, 6) is 0.250. The molecule has 0 saturated carbocycles. The molecular weight excluding hydrogens is 404 g/mol. The molecule has 2 aromatic carbocycles. The van der Waals surface area contributed by atoms with Gasteiger partial charge in [0, 0.05) is 42.7 Å². The van der Waals surface area contributed by atoms with Crippen molar-refractivity contribution < 1.29 is 17.6 Å². The quantitative estimate of drug-likeness (QED) is 0.624. The fourth-order valence-corrected chi connectivity index (χ4v) is 4.37. The van der Waals surface area contributed by atoms with E-state index in [1.54, 1.807) is 35.2 Å². The van der Waals surface area contributed by atoms with Crippen molar-refractivity contribution in [2.75, 3.05) is 26.2 Å². The van der Waals surface area contributed by atoms with E-state index >= 15 is 0 Å². The summed E-state index contributed by atoms with van der Waals surface area (Å²) in [6, 6.07) is 16.2. The minimum atomic E-state index is -3.53. The molecule has 0 bridgehead atoms. The molecule has 0 radical (unpaired) electrons. The van der Waals surface area contributed by atoms with Crippen LogP contribution in [0.2, 0.25) is 0 Å². The SMILES string of the molecule is O=C(c1ccc(-c2nnco2)cc1)N1CCN(S(=O)(=O)C=Cc2ccccc2)CC1. The first-order chi connectivity index (χ1) is 14.5. The second kappa shape index (κ2) is 8.60. The number of piperazine rings is 1. The topological polar surface area (TPSA) is 96.6 Å². The van der Waals surface area contributed by atoms with Crippen molar-refractivity contribution in [2.45, 2.75) is 0 Å².